The molecule has 3 heterocycles. The molecule has 1 aliphatic rings. The molecule has 2 aromatic heterocycles. The molecule has 8 nitrogen and oxygen atoms in total. The van der Waals surface area contributed by atoms with Gasteiger partial charge in [0, 0.05) is 10.0 Å². The van der Waals surface area contributed by atoms with Gasteiger partial charge < -0.3 is 15.0 Å². The van der Waals surface area contributed by atoms with Gasteiger partial charge in [-0.05, 0) is 36.4 Å². The summed E-state index contributed by atoms with van der Waals surface area (Å²) >= 11 is 3.14. The molecule has 1 N–H and O–H groups in total. The summed E-state index contributed by atoms with van der Waals surface area (Å²) in [7, 11) is 0. The maximum Gasteiger partial charge on any atom is 0.573 e. The maximum absolute atomic E-state index is 13.3. The maximum atomic E-state index is 13.3. The number of halogens is 5. The highest BCUT2D eigenvalue weighted by molar-refractivity contribution is 9.10. The number of alkyl halides is 3. The first-order valence-corrected chi connectivity index (χ1v) is 9.73. The number of hydrogen-bond acceptors (Lipinski definition) is 5. The van der Waals surface area contributed by atoms with Crippen molar-refractivity contribution in [2.24, 2.45) is 0 Å². The Morgan fingerprint density at radius 1 is 1.19 bits per heavy atom. The average molecular weight is 514 g/mol. The fourth-order valence-corrected chi connectivity index (χ4v) is 3.53. The number of carbonyl (C=O) groups excluding carboxylic acids is 2. The second-order valence-electron chi connectivity index (χ2n) is 6.65. The van der Waals surface area contributed by atoms with Crippen molar-refractivity contribution in [3.63, 3.8) is 0 Å². The van der Waals surface area contributed by atoms with E-state index in [0.29, 0.717) is 0 Å². The number of hydrogen-bond donors (Lipinski definition) is 1. The predicted octanol–water partition coefficient (Wildman–Crippen LogP) is 3.26. The number of aromatic nitrogens is 3. The highest BCUT2D eigenvalue weighted by Gasteiger charge is 2.32. The number of ether oxygens (including phenoxy) is 1. The highest BCUT2D eigenvalue weighted by Crippen LogP contribution is 2.33. The Balaban J connectivity index is 1.81. The highest BCUT2D eigenvalue weighted by atomic mass is 79.9. The number of nitrogens with one attached hydrogen (secondary N) is 1. The molecule has 3 aromatic rings. The molecule has 0 bridgehead atoms. The Morgan fingerprint density at radius 2 is 1.97 bits per heavy atom. The van der Waals surface area contributed by atoms with Crippen molar-refractivity contribution in [2.45, 2.75) is 6.36 Å². The van der Waals surface area contributed by atoms with Crippen molar-refractivity contribution < 1.29 is 31.9 Å². The van der Waals surface area contributed by atoms with Crippen molar-refractivity contribution >= 4 is 27.7 Å². The third-order valence-corrected chi connectivity index (χ3v) is 4.83. The van der Waals surface area contributed by atoms with Crippen LogP contribution in [-0.2, 0) is 4.79 Å². The number of carbonyl (C=O) groups is 2. The number of nitrogens with zero attached hydrogens (tertiary/aromatic N) is 4. The minimum atomic E-state index is -4.91. The minimum Gasteiger partial charge on any atom is -0.406 e. The van der Waals surface area contributed by atoms with Crippen molar-refractivity contribution in [3.8, 4) is 22.7 Å². The summed E-state index contributed by atoms with van der Waals surface area (Å²) in [5.41, 5.74) is 0.632. The van der Waals surface area contributed by atoms with E-state index in [4.69, 9.17) is 0 Å². The fraction of sp³-hybridized carbons (Fsp3) is 0.158. The third-order valence-electron chi connectivity index (χ3n) is 4.37. The van der Waals surface area contributed by atoms with Gasteiger partial charge in [0.05, 0.1) is 24.2 Å². The molecule has 0 aliphatic carbocycles. The van der Waals surface area contributed by atoms with E-state index in [9.17, 15) is 27.2 Å². The van der Waals surface area contributed by atoms with Gasteiger partial charge in [-0.1, -0.05) is 15.9 Å². The quantitative estimate of drug-likeness (QED) is 0.427. The van der Waals surface area contributed by atoms with Crippen LogP contribution in [0.3, 0.4) is 0 Å². The van der Waals surface area contributed by atoms with Crippen molar-refractivity contribution in [2.75, 3.05) is 13.2 Å². The van der Waals surface area contributed by atoms with Crippen LogP contribution in [-0.4, -0.2) is 51.1 Å². The summed E-state index contributed by atoms with van der Waals surface area (Å²) in [5, 5.41) is 6.73. The van der Waals surface area contributed by atoms with Gasteiger partial charge in [0.2, 0.25) is 11.9 Å². The number of benzene rings is 1. The van der Waals surface area contributed by atoms with E-state index >= 15 is 0 Å². The molecule has 4 rings (SSSR count). The molecular weight excluding hydrogens is 502 g/mol. The topological polar surface area (TPSA) is 89.4 Å². The van der Waals surface area contributed by atoms with Gasteiger partial charge in [-0.15, -0.1) is 13.2 Å². The summed E-state index contributed by atoms with van der Waals surface area (Å²) < 4.78 is 57.0. The zero-order valence-electron chi connectivity index (χ0n) is 15.9. The van der Waals surface area contributed by atoms with E-state index in [2.05, 4.69) is 36.1 Å². The van der Waals surface area contributed by atoms with E-state index in [1.54, 1.807) is 0 Å². The van der Waals surface area contributed by atoms with Crippen LogP contribution in [0.15, 0.2) is 47.1 Å². The van der Waals surface area contributed by atoms with E-state index in [1.807, 2.05) is 0 Å². The smallest absolute Gasteiger partial charge is 0.406 e. The second-order valence-corrected chi connectivity index (χ2v) is 7.57. The lowest BCUT2D eigenvalue weighted by atomic mass is 10.1. The molecule has 0 spiro atoms. The van der Waals surface area contributed by atoms with Crippen LogP contribution in [0, 0.1) is 5.95 Å². The first-order chi connectivity index (χ1) is 15.1. The van der Waals surface area contributed by atoms with Gasteiger partial charge in [0.25, 0.3) is 5.91 Å². The molecule has 32 heavy (non-hydrogen) atoms. The molecule has 0 atom stereocenters. The number of rotatable bonds is 4. The molecule has 1 saturated heterocycles. The van der Waals surface area contributed by atoms with E-state index in [-0.39, 0.29) is 46.2 Å². The van der Waals surface area contributed by atoms with Crippen molar-refractivity contribution in [1.29, 1.82) is 0 Å². The van der Waals surface area contributed by atoms with Gasteiger partial charge in [-0.2, -0.15) is 9.49 Å². The lowest BCUT2D eigenvalue weighted by Gasteiger charge is -2.12. The first kappa shape index (κ1) is 21.7. The van der Waals surface area contributed by atoms with Crippen LogP contribution >= 0.6 is 15.9 Å². The third kappa shape index (κ3) is 4.72. The van der Waals surface area contributed by atoms with Crippen molar-refractivity contribution in [1.82, 2.24) is 25.0 Å². The average Bonchev–Trinajstić information content (AvgIpc) is 3.33. The molecule has 0 unspecified atom stereocenters. The molecule has 0 radical (unpaired) electrons. The summed E-state index contributed by atoms with van der Waals surface area (Å²) in [5.74, 6) is -2.14. The Bertz CT molecular complexity index is 1200. The summed E-state index contributed by atoms with van der Waals surface area (Å²) in [6.45, 7) is -0.155. The molecule has 0 saturated carbocycles. The Labute approximate surface area is 185 Å². The lowest BCUT2D eigenvalue weighted by Crippen LogP contribution is -2.30. The molecule has 166 valence electrons. The first-order valence-electron chi connectivity index (χ1n) is 8.94. The van der Waals surface area contributed by atoms with Crippen LogP contribution < -0.4 is 10.1 Å². The zero-order chi connectivity index (χ0) is 23.0. The van der Waals surface area contributed by atoms with Crippen LogP contribution in [0.4, 0.5) is 17.6 Å². The monoisotopic (exact) mass is 513 g/mol. The Hall–Kier alpha value is -3.48. The molecular formula is C19H12BrF4N5O3. The zero-order valence-corrected chi connectivity index (χ0v) is 17.4. The SMILES string of the molecule is O=C1CN(C(=O)c2cc(-c3cc(Br)cc(OC(F)(F)F)c3)n(-c3ccc(F)nc3)n2)CN1. The van der Waals surface area contributed by atoms with Crippen LogP contribution in [0.2, 0.25) is 0 Å². The minimum absolute atomic E-state index is 0.00157. The molecule has 13 heteroatoms. The van der Waals surface area contributed by atoms with Crippen LogP contribution in [0.25, 0.3) is 16.9 Å². The summed E-state index contributed by atoms with van der Waals surface area (Å²) in [6, 6.07) is 7.53. The Kier molecular flexibility index (Phi) is 5.59. The van der Waals surface area contributed by atoms with E-state index in [0.717, 1.165) is 24.4 Å². The molecule has 1 fully saturated rings. The second kappa shape index (κ2) is 8.22. The van der Waals surface area contributed by atoms with Gasteiger partial charge in [0.1, 0.15) is 12.3 Å². The molecule has 1 aliphatic heterocycles. The fourth-order valence-electron chi connectivity index (χ4n) is 3.06. The normalized spacial score (nSPS) is 13.9. The van der Waals surface area contributed by atoms with Crippen molar-refractivity contribution in [3.05, 3.63) is 58.7 Å². The largest absolute Gasteiger partial charge is 0.573 e. The van der Waals surface area contributed by atoms with Gasteiger partial charge in [-0.3, -0.25) is 9.59 Å². The van der Waals surface area contributed by atoms with Crippen LogP contribution in [0.5, 0.6) is 5.75 Å². The molecule has 2 amide bonds. The van der Waals surface area contributed by atoms with Crippen LogP contribution in [0.1, 0.15) is 10.5 Å². The lowest BCUT2D eigenvalue weighted by molar-refractivity contribution is -0.274. The van der Waals surface area contributed by atoms with E-state index in [1.165, 1.54) is 27.8 Å². The van der Waals surface area contributed by atoms with Gasteiger partial charge in [0.15, 0.2) is 5.69 Å². The summed E-state index contributed by atoms with van der Waals surface area (Å²) in [6.07, 6.45) is -3.75. The summed E-state index contributed by atoms with van der Waals surface area (Å²) in [4.78, 5) is 29.0. The Morgan fingerprint density at radius 3 is 2.59 bits per heavy atom. The van der Waals surface area contributed by atoms with Gasteiger partial charge in [-0.25, -0.2) is 9.67 Å². The standard InChI is InChI=1S/C19H12BrF4N5O3/c20-11-3-10(4-13(5-11)32-19(22,23)24)15-6-14(18(31)28-8-17(30)26-9-28)27-29(15)12-1-2-16(21)25-7-12/h1-7H,8-9H2,(H,26,30). The number of amides is 2. The molecule has 1 aromatic carbocycles. The van der Waals surface area contributed by atoms with E-state index < -0.39 is 24.0 Å². The predicted molar refractivity (Wildman–Crippen MR) is 105 cm³/mol. The van der Waals surface area contributed by atoms with Gasteiger partial charge >= 0.3 is 6.36 Å². The number of pyridine rings is 1.